The normalized spacial score (nSPS) is 15.2. The molecule has 6 nitrogen and oxygen atoms in total. The highest BCUT2D eigenvalue weighted by molar-refractivity contribution is 5.97. The quantitative estimate of drug-likeness (QED) is 0.842. The maximum absolute atomic E-state index is 12.3. The van der Waals surface area contributed by atoms with Gasteiger partial charge in [0.05, 0.1) is 11.1 Å². The Morgan fingerprint density at radius 3 is 2.09 bits per heavy atom. The fraction of sp³-hybridized carbons (Fsp3) is 0.467. The summed E-state index contributed by atoms with van der Waals surface area (Å²) in [5.74, 6) is -0.353. The number of aromatic hydroxyl groups is 1. The summed E-state index contributed by atoms with van der Waals surface area (Å²) in [6, 6.07) is 6.47. The number of nitrogens with two attached hydrogens (primary N) is 1. The molecule has 0 radical (unpaired) electrons. The SMILES string of the molecule is CC(C)(N)C(=O)N1CCN(C(=O)c2ccccc2O)CC1.Cl. The molecule has 122 valence electrons. The van der Waals surface area contributed by atoms with E-state index in [-0.39, 0.29) is 35.5 Å². The Morgan fingerprint density at radius 2 is 1.59 bits per heavy atom. The first-order valence-electron chi connectivity index (χ1n) is 6.96. The number of benzene rings is 1. The Labute approximate surface area is 136 Å². The lowest BCUT2D eigenvalue weighted by Crippen LogP contribution is -2.57. The van der Waals surface area contributed by atoms with Crippen LogP contribution in [0.15, 0.2) is 24.3 Å². The zero-order valence-electron chi connectivity index (χ0n) is 12.8. The van der Waals surface area contributed by atoms with Gasteiger partial charge in [-0.1, -0.05) is 12.1 Å². The van der Waals surface area contributed by atoms with Crippen molar-refractivity contribution in [1.82, 2.24) is 9.80 Å². The van der Waals surface area contributed by atoms with Crippen LogP contribution in [0, 0.1) is 0 Å². The molecule has 0 atom stereocenters. The van der Waals surface area contributed by atoms with Crippen LogP contribution in [0.4, 0.5) is 0 Å². The average molecular weight is 328 g/mol. The topological polar surface area (TPSA) is 86.9 Å². The van der Waals surface area contributed by atoms with Crippen molar-refractivity contribution in [2.24, 2.45) is 5.73 Å². The minimum atomic E-state index is -0.899. The highest BCUT2D eigenvalue weighted by atomic mass is 35.5. The molecule has 1 aliphatic heterocycles. The smallest absolute Gasteiger partial charge is 0.257 e. The van der Waals surface area contributed by atoms with E-state index in [2.05, 4.69) is 0 Å². The third kappa shape index (κ3) is 3.90. The van der Waals surface area contributed by atoms with Crippen molar-refractivity contribution in [3.8, 4) is 5.75 Å². The van der Waals surface area contributed by atoms with E-state index in [9.17, 15) is 14.7 Å². The third-order valence-electron chi connectivity index (χ3n) is 3.54. The van der Waals surface area contributed by atoms with E-state index >= 15 is 0 Å². The van der Waals surface area contributed by atoms with Crippen LogP contribution in [0.5, 0.6) is 5.75 Å². The van der Waals surface area contributed by atoms with Crippen LogP contribution >= 0.6 is 12.4 Å². The first-order chi connectivity index (χ1) is 9.80. The lowest BCUT2D eigenvalue weighted by Gasteiger charge is -2.37. The monoisotopic (exact) mass is 327 g/mol. The molecule has 2 amide bonds. The van der Waals surface area contributed by atoms with Crippen LogP contribution in [-0.2, 0) is 4.79 Å². The molecule has 0 saturated carbocycles. The van der Waals surface area contributed by atoms with E-state index in [0.717, 1.165) is 0 Å². The third-order valence-corrected chi connectivity index (χ3v) is 3.54. The number of hydrogen-bond acceptors (Lipinski definition) is 4. The summed E-state index contributed by atoms with van der Waals surface area (Å²) in [5, 5.41) is 9.73. The van der Waals surface area contributed by atoms with Crippen molar-refractivity contribution in [2.45, 2.75) is 19.4 Å². The summed E-state index contributed by atoms with van der Waals surface area (Å²) in [6.45, 7) is 5.14. The molecule has 2 rings (SSSR count). The molecule has 7 heteroatoms. The van der Waals surface area contributed by atoms with E-state index in [4.69, 9.17) is 5.73 Å². The molecule has 1 saturated heterocycles. The standard InChI is InChI=1S/C15H21N3O3.ClH/c1-15(2,16)14(21)18-9-7-17(8-10-18)13(20)11-5-3-4-6-12(11)19;/h3-6,19H,7-10,16H2,1-2H3;1H. The van der Waals surface area contributed by atoms with Crippen molar-refractivity contribution < 1.29 is 14.7 Å². The molecule has 22 heavy (non-hydrogen) atoms. The highest BCUT2D eigenvalue weighted by Gasteiger charge is 2.31. The number of phenolic OH excluding ortho intramolecular Hbond substituents is 1. The Balaban J connectivity index is 0.00000242. The van der Waals surface area contributed by atoms with Crippen LogP contribution < -0.4 is 5.73 Å². The van der Waals surface area contributed by atoms with Gasteiger partial charge in [0.2, 0.25) is 5.91 Å². The second-order valence-corrected chi connectivity index (χ2v) is 5.82. The van der Waals surface area contributed by atoms with Crippen LogP contribution in [0.1, 0.15) is 24.2 Å². The molecule has 3 N–H and O–H groups in total. The minimum Gasteiger partial charge on any atom is -0.507 e. The molecule has 0 aromatic heterocycles. The largest absolute Gasteiger partial charge is 0.507 e. The molecule has 0 bridgehead atoms. The molecule has 1 fully saturated rings. The van der Waals surface area contributed by atoms with Crippen molar-refractivity contribution >= 4 is 24.2 Å². The second-order valence-electron chi connectivity index (χ2n) is 5.82. The zero-order chi connectivity index (χ0) is 15.6. The van der Waals surface area contributed by atoms with Crippen molar-refractivity contribution in [1.29, 1.82) is 0 Å². The number of piperazine rings is 1. The van der Waals surface area contributed by atoms with Gasteiger partial charge in [-0.15, -0.1) is 12.4 Å². The minimum absolute atomic E-state index is 0. The van der Waals surface area contributed by atoms with Crippen molar-refractivity contribution in [3.63, 3.8) is 0 Å². The number of halogens is 1. The second kappa shape index (κ2) is 6.98. The molecule has 0 unspecified atom stereocenters. The maximum Gasteiger partial charge on any atom is 0.257 e. The van der Waals surface area contributed by atoms with Gasteiger partial charge < -0.3 is 20.6 Å². The number of carbonyl (C=O) groups excluding carboxylic acids is 2. The van der Waals surface area contributed by atoms with E-state index < -0.39 is 5.54 Å². The Morgan fingerprint density at radius 1 is 1.09 bits per heavy atom. The summed E-state index contributed by atoms with van der Waals surface area (Å²) >= 11 is 0. The maximum atomic E-state index is 12.3. The van der Waals surface area contributed by atoms with Crippen molar-refractivity contribution in [3.05, 3.63) is 29.8 Å². The first-order valence-corrected chi connectivity index (χ1v) is 6.96. The number of nitrogens with zero attached hydrogens (tertiary/aromatic N) is 2. The number of para-hydroxylation sites is 1. The number of amides is 2. The Kier molecular flexibility index (Phi) is 5.79. The predicted molar refractivity (Wildman–Crippen MR) is 86.1 cm³/mol. The first kappa shape index (κ1) is 18.3. The molecular weight excluding hydrogens is 306 g/mol. The average Bonchev–Trinajstić information content (AvgIpc) is 2.45. The highest BCUT2D eigenvalue weighted by Crippen LogP contribution is 2.19. The van der Waals surface area contributed by atoms with E-state index in [1.54, 1.807) is 41.8 Å². The zero-order valence-corrected chi connectivity index (χ0v) is 13.6. The molecule has 1 aromatic rings. The van der Waals surface area contributed by atoms with Gasteiger partial charge >= 0.3 is 0 Å². The fourth-order valence-electron chi connectivity index (χ4n) is 2.34. The Hall–Kier alpha value is -1.79. The molecule has 0 aliphatic carbocycles. The van der Waals surface area contributed by atoms with Gasteiger partial charge in [-0.2, -0.15) is 0 Å². The number of rotatable bonds is 2. The fourth-order valence-corrected chi connectivity index (χ4v) is 2.34. The summed E-state index contributed by atoms with van der Waals surface area (Å²) in [4.78, 5) is 27.7. The number of phenols is 1. The predicted octanol–water partition coefficient (Wildman–Crippen LogP) is 0.836. The molecule has 1 aromatic carbocycles. The van der Waals surface area contributed by atoms with Crippen LogP contribution in [0.25, 0.3) is 0 Å². The van der Waals surface area contributed by atoms with Gasteiger partial charge in [-0.25, -0.2) is 0 Å². The van der Waals surface area contributed by atoms with Gasteiger partial charge in [0.25, 0.3) is 5.91 Å². The number of hydrogen-bond donors (Lipinski definition) is 2. The summed E-state index contributed by atoms with van der Waals surface area (Å²) in [6.07, 6.45) is 0. The van der Waals surface area contributed by atoms with Gasteiger partial charge in [0.1, 0.15) is 5.75 Å². The lowest BCUT2D eigenvalue weighted by molar-refractivity contribution is -0.137. The van der Waals surface area contributed by atoms with Crippen LogP contribution in [0.3, 0.4) is 0 Å². The Bertz CT molecular complexity index is 549. The van der Waals surface area contributed by atoms with E-state index in [1.807, 2.05) is 0 Å². The van der Waals surface area contributed by atoms with Gasteiger partial charge in [0.15, 0.2) is 0 Å². The van der Waals surface area contributed by atoms with Gasteiger partial charge in [-0.05, 0) is 26.0 Å². The van der Waals surface area contributed by atoms with Crippen molar-refractivity contribution in [2.75, 3.05) is 26.2 Å². The van der Waals surface area contributed by atoms with E-state index in [0.29, 0.717) is 26.2 Å². The molecule has 1 heterocycles. The van der Waals surface area contributed by atoms with Gasteiger partial charge in [0, 0.05) is 26.2 Å². The summed E-state index contributed by atoms with van der Waals surface area (Å²) in [7, 11) is 0. The summed E-state index contributed by atoms with van der Waals surface area (Å²) in [5.41, 5.74) is 5.20. The molecule has 0 spiro atoms. The van der Waals surface area contributed by atoms with E-state index in [1.165, 1.54) is 6.07 Å². The van der Waals surface area contributed by atoms with Crippen LogP contribution in [-0.4, -0.2) is 58.4 Å². The molecular formula is C15H22ClN3O3. The number of carbonyl (C=O) groups is 2. The lowest BCUT2D eigenvalue weighted by atomic mass is 10.0. The van der Waals surface area contributed by atoms with Crippen LogP contribution in [0.2, 0.25) is 0 Å². The summed E-state index contributed by atoms with van der Waals surface area (Å²) < 4.78 is 0. The van der Waals surface area contributed by atoms with Gasteiger partial charge in [-0.3, -0.25) is 9.59 Å². The molecule has 1 aliphatic rings.